The summed E-state index contributed by atoms with van der Waals surface area (Å²) < 4.78 is 5.34. The van der Waals surface area contributed by atoms with E-state index in [2.05, 4.69) is 17.3 Å². The third kappa shape index (κ3) is 3.17. The van der Waals surface area contributed by atoms with E-state index in [1.165, 1.54) is 0 Å². The van der Waals surface area contributed by atoms with Gasteiger partial charge in [-0.15, -0.1) is 0 Å². The standard InChI is InChI=1S/C11H23N3O2/c1-11(13-2,10(12)15)5-6-14(3)9-4-7-16-8-9/h9,13H,4-8H2,1-3H3,(H2,12,15). The molecule has 2 atom stereocenters. The maximum absolute atomic E-state index is 11.3. The molecule has 0 aromatic carbocycles. The first-order valence-corrected chi connectivity index (χ1v) is 5.76. The summed E-state index contributed by atoms with van der Waals surface area (Å²) in [7, 11) is 3.83. The highest BCUT2D eigenvalue weighted by Gasteiger charge is 2.30. The van der Waals surface area contributed by atoms with E-state index in [9.17, 15) is 4.79 Å². The second-order valence-electron chi connectivity index (χ2n) is 4.69. The minimum absolute atomic E-state index is 0.300. The largest absolute Gasteiger partial charge is 0.380 e. The van der Waals surface area contributed by atoms with Crippen molar-refractivity contribution >= 4 is 5.91 Å². The highest BCUT2D eigenvalue weighted by Crippen LogP contribution is 2.14. The molecule has 0 radical (unpaired) electrons. The molecule has 1 amide bonds. The van der Waals surface area contributed by atoms with E-state index in [4.69, 9.17) is 10.5 Å². The predicted octanol–water partition coefficient (Wildman–Crippen LogP) is -0.439. The average molecular weight is 229 g/mol. The number of hydrogen-bond donors (Lipinski definition) is 2. The normalized spacial score (nSPS) is 24.6. The summed E-state index contributed by atoms with van der Waals surface area (Å²) in [6, 6.07) is 0.481. The molecule has 1 rings (SSSR count). The lowest BCUT2D eigenvalue weighted by Gasteiger charge is -2.30. The molecule has 94 valence electrons. The van der Waals surface area contributed by atoms with Crippen LogP contribution in [0.15, 0.2) is 0 Å². The summed E-state index contributed by atoms with van der Waals surface area (Å²) in [6.07, 6.45) is 1.79. The zero-order valence-electron chi connectivity index (χ0n) is 10.5. The van der Waals surface area contributed by atoms with E-state index in [1.807, 2.05) is 6.92 Å². The summed E-state index contributed by atoms with van der Waals surface area (Å²) in [5, 5.41) is 2.99. The van der Waals surface area contributed by atoms with Crippen molar-refractivity contribution in [1.29, 1.82) is 0 Å². The summed E-state index contributed by atoms with van der Waals surface area (Å²) in [5.74, 6) is -0.300. The minimum atomic E-state index is -0.617. The zero-order chi connectivity index (χ0) is 12.2. The average Bonchev–Trinajstić information content (AvgIpc) is 2.78. The van der Waals surface area contributed by atoms with Crippen LogP contribution in [0.5, 0.6) is 0 Å². The fourth-order valence-corrected chi connectivity index (χ4v) is 1.82. The van der Waals surface area contributed by atoms with Gasteiger partial charge in [-0.2, -0.15) is 0 Å². The highest BCUT2D eigenvalue weighted by molar-refractivity contribution is 5.84. The summed E-state index contributed by atoms with van der Waals surface area (Å²) in [4.78, 5) is 13.5. The molecule has 3 N–H and O–H groups in total. The molecule has 1 heterocycles. The van der Waals surface area contributed by atoms with Gasteiger partial charge in [-0.25, -0.2) is 0 Å². The van der Waals surface area contributed by atoms with Crippen molar-refractivity contribution in [3.63, 3.8) is 0 Å². The van der Waals surface area contributed by atoms with Gasteiger partial charge in [0.15, 0.2) is 0 Å². The van der Waals surface area contributed by atoms with Gasteiger partial charge in [-0.1, -0.05) is 0 Å². The van der Waals surface area contributed by atoms with Crippen LogP contribution in [-0.4, -0.2) is 56.2 Å². The molecule has 1 aliphatic heterocycles. The smallest absolute Gasteiger partial charge is 0.237 e. The van der Waals surface area contributed by atoms with Gasteiger partial charge in [0.25, 0.3) is 0 Å². The Morgan fingerprint density at radius 3 is 2.81 bits per heavy atom. The molecule has 0 spiro atoms. The zero-order valence-corrected chi connectivity index (χ0v) is 10.5. The monoisotopic (exact) mass is 229 g/mol. The molecule has 0 aliphatic carbocycles. The number of amides is 1. The van der Waals surface area contributed by atoms with Gasteiger partial charge in [-0.3, -0.25) is 4.79 Å². The number of carbonyl (C=O) groups is 1. The lowest BCUT2D eigenvalue weighted by molar-refractivity contribution is -0.124. The lowest BCUT2D eigenvalue weighted by Crippen LogP contribution is -2.53. The highest BCUT2D eigenvalue weighted by atomic mass is 16.5. The number of ether oxygens (including phenoxy) is 1. The molecule has 0 saturated carbocycles. The Morgan fingerprint density at radius 2 is 2.38 bits per heavy atom. The Hall–Kier alpha value is -0.650. The Labute approximate surface area is 97.3 Å². The molecule has 5 nitrogen and oxygen atoms in total. The van der Waals surface area contributed by atoms with Gasteiger partial charge in [-0.05, 0) is 33.9 Å². The van der Waals surface area contributed by atoms with Crippen LogP contribution in [0.4, 0.5) is 0 Å². The maximum atomic E-state index is 11.3. The first-order chi connectivity index (χ1) is 7.49. The van der Waals surface area contributed by atoms with E-state index < -0.39 is 5.54 Å². The molecular weight excluding hydrogens is 206 g/mol. The second kappa shape index (κ2) is 5.61. The number of rotatable bonds is 6. The molecule has 2 unspecified atom stereocenters. The minimum Gasteiger partial charge on any atom is -0.380 e. The molecule has 1 fully saturated rings. The molecule has 16 heavy (non-hydrogen) atoms. The number of carbonyl (C=O) groups excluding carboxylic acids is 1. The number of nitrogens with two attached hydrogens (primary N) is 1. The Balaban J connectivity index is 2.39. The third-order valence-electron chi connectivity index (χ3n) is 3.59. The van der Waals surface area contributed by atoms with Crippen LogP contribution in [-0.2, 0) is 9.53 Å². The fraction of sp³-hybridized carbons (Fsp3) is 0.909. The van der Waals surface area contributed by atoms with Gasteiger partial charge in [0.05, 0.1) is 12.1 Å². The number of nitrogens with zero attached hydrogens (tertiary/aromatic N) is 1. The van der Waals surface area contributed by atoms with Crippen LogP contribution < -0.4 is 11.1 Å². The number of hydrogen-bond acceptors (Lipinski definition) is 4. The number of nitrogens with one attached hydrogen (secondary N) is 1. The van der Waals surface area contributed by atoms with Crippen LogP contribution >= 0.6 is 0 Å². The van der Waals surface area contributed by atoms with Crippen LogP contribution in [0.1, 0.15) is 19.8 Å². The van der Waals surface area contributed by atoms with Crippen molar-refractivity contribution in [2.24, 2.45) is 5.73 Å². The number of primary amides is 1. The van der Waals surface area contributed by atoms with Gasteiger partial charge < -0.3 is 20.7 Å². The van der Waals surface area contributed by atoms with Crippen molar-refractivity contribution in [3.05, 3.63) is 0 Å². The van der Waals surface area contributed by atoms with E-state index in [0.29, 0.717) is 12.5 Å². The summed E-state index contributed by atoms with van der Waals surface area (Å²) in [6.45, 7) is 4.32. The molecule has 1 aliphatic rings. The van der Waals surface area contributed by atoms with Gasteiger partial charge in [0.1, 0.15) is 0 Å². The molecule has 0 aromatic heterocycles. The van der Waals surface area contributed by atoms with Crippen molar-refractivity contribution < 1.29 is 9.53 Å². The topological polar surface area (TPSA) is 67.6 Å². The molecule has 0 bridgehead atoms. The van der Waals surface area contributed by atoms with E-state index in [1.54, 1.807) is 7.05 Å². The van der Waals surface area contributed by atoms with E-state index in [-0.39, 0.29) is 5.91 Å². The van der Waals surface area contributed by atoms with Gasteiger partial charge in [0.2, 0.25) is 5.91 Å². The van der Waals surface area contributed by atoms with Crippen LogP contribution in [0.25, 0.3) is 0 Å². The quantitative estimate of drug-likeness (QED) is 0.648. The molecule has 0 aromatic rings. The van der Waals surface area contributed by atoms with E-state index >= 15 is 0 Å². The first kappa shape index (κ1) is 13.4. The molecular formula is C11H23N3O2. The number of likely N-dealkylation sites (N-methyl/N-ethyl adjacent to an activating group) is 2. The second-order valence-corrected chi connectivity index (χ2v) is 4.69. The molecule has 1 saturated heterocycles. The first-order valence-electron chi connectivity index (χ1n) is 5.76. The van der Waals surface area contributed by atoms with Crippen molar-refractivity contribution in [2.75, 3.05) is 33.9 Å². The SMILES string of the molecule is CNC(C)(CCN(C)C1CCOC1)C(N)=O. The van der Waals surface area contributed by atoms with Crippen LogP contribution in [0.3, 0.4) is 0 Å². The third-order valence-corrected chi connectivity index (χ3v) is 3.59. The fourth-order valence-electron chi connectivity index (χ4n) is 1.82. The van der Waals surface area contributed by atoms with Crippen LogP contribution in [0.2, 0.25) is 0 Å². The molecule has 5 heteroatoms. The maximum Gasteiger partial charge on any atom is 0.237 e. The van der Waals surface area contributed by atoms with Gasteiger partial charge in [0, 0.05) is 19.2 Å². The Kier molecular flexibility index (Phi) is 4.70. The van der Waals surface area contributed by atoms with Gasteiger partial charge >= 0.3 is 0 Å². The van der Waals surface area contributed by atoms with E-state index in [0.717, 1.165) is 26.2 Å². The van der Waals surface area contributed by atoms with Crippen molar-refractivity contribution in [2.45, 2.75) is 31.3 Å². The Bertz CT molecular complexity index is 241. The Morgan fingerprint density at radius 1 is 1.69 bits per heavy atom. The van der Waals surface area contributed by atoms with Crippen molar-refractivity contribution in [1.82, 2.24) is 10.2 Å². The predicted molar refractivity (Wildman–Crippen MR) is 63.1 cm³/mol. The van der Waals surface area contributed by atoms with Crippen molar-refractivity contribution in [3.8, 4) is 0 Å². The summed E-state index contributed by atoms with van der Waals surface area (Å²) in [5.41, 5.74) is 4.76. The lowest BCUT2D eigenvalue weighted by atomic mass is 9.96. The summed E-state index contributed by atoms with van der Waals surface area (Å²) >= 11 is 0. The van der Waals surface area contributed by atoms with Crippen LogP contribution in [0, 0.1) is 0 Å².